The average Bonchev–Trinajstić information content (AvgIpc) is 3.78. The maximum atomic E-state index is 6.50. The lowest BCUT2D eigenvalue weighted by molar-refractivity contribution is 0.615. The molecule has 7 aromatic carbocycles. The molecule has 10 rings (SSSR count). The molecule has 200 valence electrons. The summed E-state index contributed by atoms with van der Waals surface area (Å²) in [4.78, 5) is 0. The molecule has 0 saturated carbocycles. The Bertz CT molecular complexity index is 2680. The molecular formula is C40H22O3. The van der Waals surface area contributed by atoms with Gasteiger partial charge in [0.1, 0.15) is 27.9 Å². The van der Waals surface area contributed by atoms with Crippen LogP contribution in [0.15, 0.2) is 147 Å². The van der Waals surface area contributed by atoms with Gasteiger partial charge in [-0.15, -0.1) is 0 Å². The molecular weight excluding hydrogens is 528 g/mol. The molecule has 3 heteroatoms. The van der Waals surface area contributed by atoms with Gasteiger partial charge in [0, 0.05) is 21.5 Å². The van der Waals surface area contributed by atoms with Gasteiger partial charge >= 0.3 is 0 Å². The minimum atomic E-state index is 0.814. The van der Waals surface area contributed by atoms with Crippen LogP contribution in [0.25, 0.3) is 98.6 Å². The highest BCUT2D eigenvalue weighted by Gasteiger charge is 2.23. The van der Waals surface area contributed by atoms with Crippen molar-refractivity contribution < 1.29 is 13.3 Å². The van der Waals surface area contributed by atoms with Crippen LogP contribution in [0.2, 0.25) is 0 Å². The van der Waals surface area contributed by atoms with Crippen molar-refractivity contribution in [2.24, 2.45) is 0 Å². The smallest absolute Gasteiger partial charge is 0.147 e. The first-order chi connectivity index (χ1) is 21.3. The predicted octanol–water partition coefficient (Wildman–Crippen LogP) is 11.9. The SMILES string of the molecule is c1ccc2c(c1)oc1cc(-c3c4ccccc4c(-c4cc5occc5c5oc6ccccc6c45)c4ccccc34)ccc12. The molecule has 0 unspecified atom stereocenters. The Balaban J connectivity index is 1.36. The van der Waals surface area contributed by atoms with Crippen LogP contribution in [-0.2, 0) is 0 Å². The number of hydrogen-bond acceptors (Lipinski definition) is 3. The van der Waals surface area contributed by atoms with Gasteiger partial charge in [0.25, 0.3) is 0 Å². The fraction of sp³-hybridized carbons (Fsp3) is 0. The standard InChI is InChI=1S/C40H22O3/c1-3-12-28-26(10-1)37(23-17-18-25-24-9-5-7-15-33(24)42-36(25)21-23)27-11-2-4-13-29(27)38(28)32-22-35-31(19-20-41-35)40-39(32)30-14-6-8-16-34(30)43-40/h1-22H. The molecule has 43 heavy (non-hydrogen) atoms. The van der Waals surface area contributed by atoms with Gasteiger partial charge in [-0.2, -0.15) is 0 Å². The molecule has 0 aliphatic carbocycles. The highest BCUT2D eigenvalue weighted by atomic mass is 16.3. The van der Waals surface area contributed by atoms with E-state index in [0.717, 1.165) is 66.0 Å². The molecule has 0 aliphatic rings. The van der Waals surface area contributed by atoms with Crippen molar-refractivity contribution in [2.45, 2.75) is 0 Å². The van der Waals surface area contributed by atoms with E-state index in [1.807, 2.05) is 30.3 Å². The second-order valence-corrected chi connectivity index (χ2v) is 11.2. The van der Waals surface area contributed by atoms with Gasteiger partial charge in [-0.25, -0.2) is 0 Å². The zero-order valence-electron chi connectivity index (χ0n) is 22.9. The summed E-state index contributed by atoms with van der Waals surface area (Å²) in [6.45, 7) is 0. The van der Waals surface area contributed by atoms with Crippen LogP contribution in [0.1, 0.15) is 0 Å². The normalized spacial score (nSPS) is 12.2. The van der Waals surface area contributed by atoms with Gasteiger partial charge in [0.2, 0.25) is 0 Å². The van der Waals surface area contributed by atoms with Gasteiger partial charge in [0.15, 0.2) is 0 Å². The Morgan fingerprint density at radius 1 is 0.372 bits per heavy atom. The van der Waals surface area contributed by atoms with Crippen LogP contribution in [0.3, 0.4) is 0 Å². The number of benzene rings is 7. The van der Waals surface area contributed by atoms with Crippen LogP contribution in [0, 0.1) is 0 Å². The van der Waals surface area contributed by atoms with Crippen LogP contribution >= 0.6 is 0 Å². The average molecular weight is 551 g/mol. The van der Waals surface area contributed by atoms with Crippen molar-refractivity contribution in [2.75, 3.05) is 0 Å². The molecule has 0 saturated heterocycles. The third kappa shape index (κ3) is 3.08. The summed E-state index contributed by atoms with van der Waals surface area (Å²) in [5.41, 5.74) is 8.95. The van der Waals surface area contributed by atoms with E-state index in [4.69, 9.17) is 13.3 Å². The summed E-state index contributed by atoms with van der Waals surface area (Å²) >= 11 is 0. The predicted molar refractivity (Wildman–Crippen MR) is 177 cm³/mol. The largest absolute Gasteiger partial charge is 0.464 e. The lowest BCUT2D eigenvalue weighted by Crippen LogP contribution is -1.91. The number of para-hydroxylation sites is 2. The lowest BCUT2D eigenvalue weighted by Gasteiger charge is -2.18. The van der Waals surface area contributed by atoms with E-state index in [1.165, 1.54) is 32.7 Å². The number of hydrogen-bond donors (Lipinski definition) is 0. The van der Waals surface area contributed by atoms with Crippen molar-refractivity contribution in [1.29, 1.82) is 0 Å². The fourth-order valence-electron chi connectivity index (χ4n) is 7.13. The molecule has 3 aromatic heterocycles. The maximum Gasteiger partial charge on any atom is 0.147 e. The van der Waals surface area contributed by atoms with Crippen molar-refractivity contribution in [3.63, 3.8) is 0 Å². The van der Waals surface area contributed by atoms with Crippen molar-refractivity contribution in [3.05, 3.63) is 134 Å². The quantitative estimate of drug-likeness (QED) is 0.201. The van der Waals surface area contributed by atoms with Gasteiger partial charge < -0.3 is 13.3 Å². The Kier molecular flexibility index (Phi) is 4.45. The number of rotatable bonds is 2. The second kappa shape index (κ2) is 8.37. The summed E-state index contributed by atoms with van der Waals surface area (Å²) in [7, 11) is 0. The Labute approximate surface area is 245 Å². The van der Waals surface area contributed by atoms with E-state index in [-0.39, 0.29) is 0 Å². The van der Waals surface area contributed by atoms with Crippen LogP contribution in [0.5, 0.6) is 0 Å². The van der Waals surface area contributed by atoms with Crippen molar-refractivity contribution in [1.82, 2.24) is 0 Å². The minimum Gasteiger partial charge on any atom is -0.464 e. The summed E-state index contributed by atoms with van der Waals surface area (Å²) in [5.74, 6) is 0. The first-order valence-corrected chi connectivity index (χ1v) is 14.5. The summed E-state index contributed by atoms with van der Waals surface area (Å²) in [5, 5.41) is 10.2. The second-order valence-electron chi connectivity index (χ2n) is 11.2. The van der Waals surface area contributed by atoms with E-state index < -0.39 is 0 Å². The first kappa shape index (κ1) is 22.8. The molecule has 0 N–H and O–H groups in total. The third-order valence-electron chi connectivity index (χ3n) is 8.95. The molecule has 0 amide bonds. The number of furan rings is 3. The molecule has 3 nitrogen and oxygen atoms in total. The van der Waals surface area contributed by atoms with E-state index in [9.17, 15) is 0 Å². The van der Waals surface area contributed by atoms with Crippen LogP contribution in [-0.4, -0.2) is 0 Å². The topological polar surface area (TPSA) is 39.4 Å². The van der Waals surface area contributed by atoms with E-state index in [1.54, 1.807) is 6.26 Å². The zero-order chi connectivity index (χ0) is 28.1. The van der Waals surface area contributed by atoms with Gasteiger partial charge in [-0.1, -0.05) is 91.0 Å². The molecule has 3 heterocycles. The summed E-state index contributed by atoms with van der Waals surface area (Å²) in [6.07, 6.45) is 1.74. The lowest BCUT2D eigenvalue weighted by atomic mass is 9.84. The molecule has 0 aliphatic heterocycles. The third-order valence-corrected chi connectivity index (χ3v) is 8.95. The van der Waals surface area contributed by atoms with Gasteiger partial charge in [-0.3, -0.25) is 0 Å². The maximum absolute atomic E-state index is 6.50. The van der Waals surface area contributed by atoms with E-state index >= 15 is 0 Å². The van der Waals surface area contributed by atoms with Gasteiger partial charge in [0.05, 0.1) is 11.6 Å². The van der Waals surface area contributed by atoms with Crippen LogP contribution in [0.4, 0.5) is 0 Å². The van der Waals surface area contributed by atoms with Crippen molar-refractivity contribution in [3.8, 4) is 22.3 Å². The zero-order valence-corrected chi connectivity index (χ0v) is 22.9. The highest BCUT2D eigenvalue weighted by Crippen LogP contribution is 2.49. The number of fused-ring (bicyclic) bond motifs is 10. The van der Waals surface area contributed by atoms with Crippen LogP contribution < -0.4 is 0 Å². The van der Waals surface area contributed by atoms with Crippen molar-refractivity contribution >= 4 is 76.4 Å². The molecule has 0 bridgehead atoms. The molecule has 0 atom stereocenters. The monoisotopic (exact) mass is 550 g/mol. The Morgan fingerprint density at radius 3 is 1.67 bits per heavy atom. The molecule has 10 aromatic rings. The van der Waals surface area contributed by atoms with E-state index in [2.05, 4.69) is 97.1 Å². The Hall–Kier alpha value is -5.80. The molecule has 0 spiro atoms. The molecule has 0 fully saturated rings. The van der Waals surface area contributed by atoms with E-state index in [0.29, 0.717) is 0 Å². The minimum absolute atomic E-state index is 0.814. The first-order valence-electron chi connectivity index (χ1n) is 14.5. The Morgan fingerprint density at radius 2 is 0.953 bits per heavy atom. The molecule has 0 radical (unpaired) electrons. The highest BCUT2D eigenvalue weighted by molar-refractivity contribution is 6.28. The fourth-order valence-corrected chi connectivity index (χ4v) is 7.13. The summed E-state index contributed by atoms with van der Waals surface area (Å²) < 4.78 is 18.8. The van der Waals surface area contributed by atoms with Gasteiger partial charge in [-0.05, 0) is 80.2 Å². The summed E-state index contributed by atoms with van der Waals surface area (Å²) in [6, 6.07) is 44.8.